The van der Waals surface area contributed by atoms with E-state index in [-0.39, 0.29) is 0 Å². The predicted octanol–water partition coefficient (Wildman–Crippen LogP) is 3.42. The molecule has 2 heterocycles. The summed E-state index contributed by atoms with van der Waals surface area (Å²) in [6, 6.07) is 6.63. The van der Waals surface area contributed by atoms with E-state index in [1.807, 2.05) is 12.5 Å². The fourth-order valence-electron chi connectivity index (χ4n) is 3.25. The van der Waals surface area contributed by atoms with Crippen molar-refractivity contribution in [3.63, 3.8) is 0 Å². The van der Waals surface area contributed by atoms with Crippen molar-refractivity contribution in [1.29, 1.82) is 0 Å². The molecule has 0 bridgehead atoms. The third-order valence-electron chi connectivity index (χ3n) is 4.45. The summed E-state index contributed by atoms with van der Waals surface area (Å²) in [5.41, 5.74) is 5.58. The molecule has 1 aliphatic heterocycles. The Morgan fingerprint density at radius 1 is 1.30 bits per heavy atom. The Balaban J connectivity index is 2.08. The number of nitrogens with one attached hydrogen (secondary N) is 1. The number of fused-ring (bicyclic) bond motifs is 1. The first kappa shape index (κ1) is 13.4. The zero-order valence-corrected chi connectivity index (χ0v) is 12.4. The smallest absolute Gasteiger partial charge is 0.0994 e. The van der Waals surface area contributed by atoms with Gasteiger partial charge < -0.3 is 9.88 Å². The average molecular weight is 269 g/mol. The molecule has 20 heavy (non-hydrogen) atoms. The first-order valence-electron chi connectivity index (χ1n) is 7.69. The van der Waals surface area contributed by atoms with Crippen molar-refractivity contribution in [3.05, 3.63) is 47.5 Å². The summed E-state index contributed by atoms with van der Waals surface area (Å²) >= 11 is 0. The molecular weight excluding hydrogens is 246 g/mol. The standard InChI is InChI=1S/C17H23N3/c1-3-13(4-2)17-11-19-12-20(17)16-7-5-6-14-10-18-9-8-15(14)16/h5-7,11-13,18H,3-4,8-10H2,1-2H3. The number of rotatable bonds is 4. The van der Waals surface area contributed by atoms with Gasteiger partial charge in [-0.05, 0) is 43.0 Å². The van der Waals surface area contributed by atoms with Gasteiger partial charge in [-0.2, -0.15) is 0 Å². The van der Waals surface area contributed by atoms with E-state index in [1.54, 1.807) is 0 Å². The van der Waals surface area contributed by atoms with E-state index in [0.29, 0.717) is 5.92 Å². The summed E-state index contributed by atoms with van der Waals surface area (Å²) in [6.07, 6.45) is 7.45. The molecule has 1 N–H and O–H groups in total. The Bertz CT molecular complexity index is 582. The van der Waals surface area contributed by atoms with E-state index in [0.717, 1.165) is 19.5 Å². The lowest BCUT2D eigenvalue weighted by Gasteiger charge is -2.23. The van der Waals surface area contributed by atoms with Crippen LogP contribution in [-0.2, 0) is 13.0 Å². The molecule has 3 nitrogen and oxygen atoms in total. The van der Waals surface area contributed by atoms with Crippen molar-refractivity contribution in [2.45, 2.75) is 45.6 Å². The number of imidazole rings is 1. The molecule has 0 unspecified atom stereocenters. The number of nitrogens with zero attached hydrogens (tertiary/aromatic N) is 2. The molecule has 0 saturated heterocycles. The van der Waals surface area contributed by atoms with Crippen molar-refractivity contribution in [2.24, 2.45) is 0 Å². The van der Waals surface area contributed by atoms with Crippen LogP contribution >= 0.6 is 0 Å². The molecule has 0 atom stereocenters. The molecule has 0 radical (unpaired) electrons. The first-order valence-corrected chi connectivity index (χ1v) is 7.69. The molecule has 0 aliphatic carbocycles. The van der Waals surface area contributed by atoms with Crippen LogP contribution in [0.5, 0.6) is 0 Å². The van der Waals surface area contributed by atoms with E-state index in [1.165, 1.54) is 35.3 Å². The molecule has 1 aromatic heterocycles. The van der Waals surface area contributed by atoms with Crippen molar-refractivity contribution >= 4 is 0 Å². The van der Waals surface area contributed by atoms with Gasteiger partial charge in [0.2, 0.25) is 0 Å². The third-order valence-corrected chi connectivity index (χ3v) is 4.45. The number of hydrogen-bond donors (Lipinski definition) is 1. The minimum atomic E-state index is 0.593. The van der Waals surface area contributed by atoms with Gasteiger partial charge in [0.25, 0.3) is 0 Å². The largest absolute Gasteiger partial charge is 0.312 e. The number of benzene rings is 1. The molecule has 1 aliphatic rings. The quantitative estimate of drug-likeness (QED) is 0.921. The van der Waals surface area contributed by atoms with Gasteiger partial charge in [-0.15, -0.1) is 0 Å². The van der Waals surface area contributed by atoms with E-state index < -0.39 is 0 Å². The van der Waals surface area contributed by atoms with Crippen LogP contribution in [0.2, 0.25) is 0 Å². The normalized spacial score (nSPS) is 14.6. The van der Waals surface area contributed by atoms with Crippen LogP contribution in [0, 0.1) is 0 Å². The van der Waals surface area contributed by atoms with Crippen molar-refractivity contribution in [1.82, 2.24) is 14.9 Å². The zero-order chi connectivity index (χ0) is 13.9. The van der Waals surface area contributed by atoms with Crippen LogP contribution < -0.4 is 5.32 Å². The van der Waals surface area contributed by atoms with Crippen LogP contribution in [-0.4, -0.2) is 16.1 Å². The Kier molecular flexibility index (Phi) is 3.88. The van der Waals surface area contributed by atoms with Crippen molar-refractivity contribution < 1.29 is 0 Å². The number of hydrogen-bond acceptors (Lipinski definition) is 2. The molecule has 0 amide bonds. The lowest BCUT2D eigenvalue weighted by molar-refractivity contribution is 0.606. The molecule has 3 rings (SSSR count). The summed E-state index contributed by atoms with van der Waals surface area (Å²) in [6.45, 7) is 6.57. The summed E-state index contributed by atoms with van der Waals surface area (Å²) < 4.78 is 2.31. The first-order chi connectivity index (χ1) is 9.85. The maximum Gasteiger partial charge on any atom is 0.0994 e. The van der Waals surface area contributed by atoms with E-state index >= 15 is 0 Å². The van der Waals surface area contributed by atoms with Gasteiger partial charge in [0.15, 0.2) is 0 Å². The topological polar surface area (TPSA) is 29.9 Å². The summed E-state index contributed by atoms with van der Waals surface area (Å²) in [4.78, 5) is 4.41. The molecule has 106 valence electrons. The lowest BCUT2D eigenvalue weighted by atomic mass is 9.97. The van der Waals surface area contributed by atoms with Crippen LogP contribution in [0.25, 0.3) is 5.69 Å². The second-order valence-corrected chi connectivity index (χ2v) is 5.54. The fourth-order valence-corrected chi connectivity index (χ4v) is 3.25. The van der Waals surface area contributed by atoms with Crippen LogP contribution in [0.15, 0.2) is 30.7 Å². The Morgan fingerprint density at radius 2 is 2.15 bits per heavy atom. The molecule has 2 aromatic rings. The molecule has 0 fully saturated rings. The molecule has 0 saturated carbocycles. The summed E-state index contributed by atoms with van der Waals surface area (Å²) in [5, 5.41) is 3.45. The maximum absolute atomic E-state index is 4.41. The second kappa shape index (κ2) is 5.80. The summed E-state index contributed by atoms with van der Waals surface area (Å²) in [7, 11) is 0. The molecule has 1 aromatic carbocycles. The molecule has 3 heteroatoms. The number of aromatic nitrogens is 2. The van der Waals surface area contributed by atoms with Crippen molar-refractivity contribution in [3.8, 4) is 5.69 Å². The van der Waals surface area contributed by atoms with Crippen LogP contribution in [0.4, 0.5) is 0 Å². The SMILES string of the molecule is CCC(CC)c1cncn1-c1cccc2c1CCNC2. The summed E-state index contributed by atoms with van der Waals surface area (Å²) in [5.74, 6) is 0.593. The van der Waals surface area contributed by atoms with E-state index in [2.05, 4.69) is 46.9 Å². The third kappa shape index (κ3) is 2.27. The highest BCUT2D eigenvalue weighted by molar-refractivity contribution is 5.48. The van der Waals surface area contributed by atoms with Crippen LogP contribution in [0.3, 0.4) is 0 Å². The highest BCUT2D eigenvalue weighted by atomic mass is 15.1. The van der Waals surface area contributed by atoms with Gasteiger partial charge in [-0.3, -0.25) is 0 Å². The minimum Gasteiger partial charge on any atom is -0.312 e. The van der Waals surface area contributed by atoms with Gasteiger partial charge >= 0.3 is 0 Å². The highest BCUT2D eigenvalue weighted by Gasteiger charge is 2.18. The lowest BCUT2D eigenvalue weighted by Crippen LogP contribution is -2.25. The highest BCUT2D eigenvalue weighted by Crippen LogP contribution is 2.28. The second-order valence-electron chi connectivity index (χ2n) is 5.54. The minimum absolute atomic E-state index is 0.593. The monoisotopic (exact) mass is 269 g/mol. The van der Waals surface area contributed by atoms with Crippen LogP contribution in [0.1, 0.15) is 49.4 Å². The van der Waals surface area contributed by atoms with Gasteiger partial charge in [0.1, 0.15) is 0 Å². The average Bonchev–Trinajstić information content (AvgIpc) is 2.97. The van der Waals surface area contributed by atoms with E-state index in [4.69, 9.17) is 0 Å². The van der Waals surface area contributed by atoms with E-state index in [9.17, 15) is 0 Å². The van der Waals surface area contributed by atoms with Gasteiger partial charge in [-0.25, -0.2) is 4.98 Å². The Labute approximate surface area is 121 Å². The van der Waals surface area contributed by atoms with Crippen molar-refractivity contribution in [2.75, 3.05) is 6.54 Å². The maximum atomic E-state index is 4.41. The van der Waals surface area contributed by atoms with Gasteiger partial charge in [-0.1, -0.05) is 26.0 Å². The molecular formula is C17H23N3. The fraction of sp³-hybridized carbons (Fsp3) is 0.471. The Hall–Kier alpha value is -1.61. The Morgan fingerprint density at radius 3 is 2.95 bits per heavy atom. The predicted molar refractivity (Wildman–Crippen MR) is 82.3 cm³/mol. The molecule has 0 spiro atoms. The van der Waals surface area contributed by atoms with Gasteiger partial charge in [0.05, 0.1) is 12.0 Å². The van der Waals surface area contributed by atoms with Gasteiger partial charge in [0, 0.05) is 24.4 Å². The zero-order valence-electron chi connectivity index (χ0n) is 12.4.